The first-order valence-electron chi connectivity index (χ1n) is 5.44. The molecule has 94 valence electrons. The number of likely N-dealkylation sites (N-methyl/N-ethyl adjacent to an activating group) is 1. The number of hydrogen-bond donors (Lipinski definition) is 1. The number of hydrogen-bond acceptors (Lipinski definition) is 3. The Kier molecular flexibility index (Phi) is 4.28. The van der Waals surface area contributed by atoms with Crippen molar-refractivity contribution in [2.24, 2.45) is 0 Å². The fourth-order valence-electron chi connectivity index (χ4n) is 1.63. The standard InChI is InChI=1S/C12H17NO3S/c1-4-13(8-10(14)15)11(16)12(2,3)9-6-5-7-17-9/h5-7H,4,8H2,1-3H3,(H,14,15). The Balaban J connectivity index is 2.90. The van der Waals surface area contributed by atoms with Crippen molar-refractivity contribution in [3.8, 4) is 0 Å². The van der Waals surface area contributed by atoms with Crippen LogP contribution in [0.25, 0.3) is 0 Å². The number of nitrogens with zero attached hydrogens (tertiary/aromatic N) is 1. The highest BCUT2D eigenvalue weighted by molar-refractivity contribution is 7.10. The Bertz CT molecular complexity index is 398. The maximum Gasteiger partial charge on any atom is 0.323 e. The molecule has 1 N–H and O–H groups in total. The van der Waals surface area contributed by atoms with E-state index >= 15 is 0 Å². The Hall–Kier alpha value is -1.36. The molecule has 0 unspecified atom stereocenters. The lowest BCUT2D eigenvalue weighted by molar-refractivity contribution is -0.146. The largest absolute Gasteiger partial charge is 0.480 e. The van der Waals surface area contributed by atoms with Crippen LogP contribution in [0.2, 0.25) is 0 Å². The molecule has 0 fully saturated rings. The van der Waals surface area contributed by atoms with E-state index in [9.17, 15) is 9.59 Å². The summed E-state index contributed by atoms with van der Waals surface area (Å²) in [4.78, 5) is 25.3. The van der Waals surface area contributed by atoms with Crippen LogP contribution >= 0.6 is 11.3 Å². The quantitative estimate of drug-likeness (QED) is 0.875. The molecule has 0 aromatic carbocycles. The Morgan fingerprint density at radius 2 is 2.12 bits per heavy atom. The zero-order valence-electron chi connectivity index (χ0n) is 10.3. The SMILES string of the molecule is CCN(CC(=O)O)C(=O)C(C)(C)c1cccs1. The van der Waals surface area contributed by atoms with Crippen LogP contribution in [0.4, 0.5) is 0 Å². The first kappa shape index (κ1) is 13.7. The summed E-state index contributed by atoms with van der Waals surface area (Å²) in [7, 11) is 0. The van der Waals surface area contributed by atoms with Crippen molar-refractivity contribution in [2.45, 2.75) is 26.2 Å². The number of carbonyl (C=O) groups is 2. The van der Waals surface area contributed by atoms with Gasteiger partial charge in [-0.25, -0.2) is 0 Å². The van der Waals surface area contributed by atoms with E-state index in [-0.39, 0.29) is 12.5 Å². The maximum absolute atomic E-state index is 12.3. The molecule has 17 heavy (non-hydrogen) atoms. The topological polar surface area (TPSA) is 57.6 Å². The molecule has 0 bridgehead atoms. The van der Waals surface area contributed by atoms with Gasteiger partial charge < -0.3 is 10.0 Å². The molecule has 1 aromatic rings. The average Bonchev–Trinajstić information content (AvgIpc) is 2.78. The minimum Gasteiger partial charge on any atom is -0.480 e. The Morgan fingerprint density at radius 1 is 1.47 bits per heavy atom. The predicted molar refractivity (Wildman–Crippen MR) is 67.2 cm³/mol. The van der Waals surface area contributed by atoms with Crippen LogP contribution in [0.1, 0.15) is 25.6 Å². The van der Waals surface area contributed by atoms with Gasteiger partial charge in [-0.15, -0.1) is 11.3 Å². The molecule has 4 nitrogen and oxygen atoms in total. The molecule has 0 aliphatic rings. The fourth-order valence-corrected chi connectivity index (χ4v) is 2.47. The number of carboxylic acids is 1. The minimum atomic E-state index is -0.984. The van der Waals surface area contributed by atoms with Gasteiger partial charge in [0.15, 0.2) is 0 Å². The molecule has 0 saturated heterocycles. The summed E-state index contributed by atoms with van der Waals surface area (Å²) in [5, 5.41) is 10.7. The minimum absolute atomic E-state index is 0.148. The lowest BCUT2D eigenvalue weighted by Crippen LogP contribution is -2.45. The molecule has 1 amide bonds. The molecular weight excluding hydrogens is 238 g/mol. The van der Waals surface area contributed by atoms with Crippen molar-refractivity contribution < 1.29 is 14.7 Å². The molecule has 1 aromatic heterocycles. The van der Waals surface area contributed by atoms with E-state index in [0.717, 1.165) is 4.88 Å². The third kappa shape index (κ3) is 3.06. The van der Waals surface area contributed by atoms with E-state index in [1.165, 1.54) is 16.2 Å². The lowest BCUT2D eigenvalue weighted by Gasteiger charge is -2.29. The number of thiophene rings is 1. The summed E-state index contributed by atoms with van der Waals surface area (Å²) in [5.41, 5.74) is -0.667. The summed E-state index contributed by atoms with van der Waals surface area (Å²) in [5.74, 6) is -1.13. The molecule has 0 radical (unpaired) electrons. The van der Waals surface area contributed by atoms with Crippen LogP contribution in [-0.2, 0) is 15.0 Å². The van der Waals surface area contributed by atoms with Crippen LogP contribution in [-0.4, -0.2) is 35.0 Å². The molecule has 1 rings (SSSR count). The van der Waals surface area contributed by atoms with Gasteiger partial charge >= 0.3 is 5.97 Å². The lowest BCUT2D eigenvalue weighted by atomic mass is 9.89. The number of carbonyl (C=O) groups excluding carboxylic acids is 1. The van der Waals surface area contributed by atoms with Gasteiger partial charge in [0.2, 0.25) is 5.91 Å². The first-order chi connectivity index (χ1) is 7.89. The molecule has 5 heteroatoms. The van der Waals surface area contributed by atoms with Crippen molar-refractivity contribution >= 4 is 23.2 Å². The number of aliphatic carboxylic acids is 1. The van der Waals surface area contributed by atoms with Gasteiger partial charge in [-0.1, -0.05) is 6.07 Å². The molecule has 0 aliphatic heterocycles. The maximum atomic E-state index is 12.3. The van der Waals surface area contributed by atoms with Gasteiger partial charge in [0, 0.05) is 11.4 Å². The summed E-state index contributed by atoms with van der Waals surface area (Å²) in [6, 6.07) is 3.79. The summed E-state index contributed by atoms with van der Waals surface area (Å²) in [6.07, 6.45) is 0. The molecule has 0 aliphatic carbocycles. The highest BCUT2D eigenvalue weighted by Gasteiger charge is 2.34. The van der Waals surface area contributed by atoms with Crippen molar-refractivity contribution in [2.75, 3.05) is 13.1 Å². The average molecular weight is 255 g/mol. The Labute approximate surface area is 105 Å². The number of rotatable bonds is 5. The summed E-state index contributed by atoms with van der Waals surface area (Å²) in [6.45, 7) is 5.59. The summed E-state index contributed by atoms with van der Waals surface area (Å²) >= 11 is 1.51. The highest BCUT2D eigenvalue weighted by Crippen LogP contribution is 2.29. The second-order valence-electron chi connectivity index (χ2n) is 4.32. The molecule has 0 spiro atoms. The molecule has 0 saturated carbocycles. The zero-order chi connectivity index (χ0) is 13.1. The normalized spacial score (nSPS) is 11.2. The van der Waals surface area contributed by atoms with E-state index < -0.39 is 11.4 Å². The molecule has 0 atom stereocenters. The zero-order valence-corrected chi connectivity index (χ0v) is 11.1. The molecular formula is C12H17NO3S. The summed E-state index contributed by atoms with van der Waals surface area (Å²) < 4.78 is 0. The van der Waals surface area contributed by atoms with Gasteiger partial charge in [0.25, 0.3) is 0 Å². The molecule has 1 heterocycles. The monoisotopic (exact) mass is 255 g/mol. The van der Waals surface area contributed by atoms with E-state index in [2.05, 4.69) is 0 Å². The first-order valence-corrected chi connectivity index (χ1v) is 6.32. The van der Waals surface area contributed by atoms with Crippen molar-refractivity contribution in [1.29, 1.82) is 0 Å². The highest BCUT2D eigenvalue weighted by atomic mass is 32.1. The second kappa shape index (κ2) is 5.31. The van der Waals surface area contributed by atoms with Gasteiger partial charge in [-0.3, -0.25) is 9.59 Å². The van der Waals surface area contributed by atoms with Gasteiger partial charge in [0.05, 0.1) is 5.41 Å². The van der Waals surface area contributed by atoms with E-state index in [1.54, 1.807) is 6.92 Å². The van der Waals surface area contributed by atoms with E-state index in [1.807, 2.05) is 31.4 Å². The smallest absolute Gasteiger partial charge is 0.323 e. The van der Waals surface area contributed by atoms with Gasteiger partial charge in [-0.2, -0.15) is 0 Å². The van der Waals surface area contributed by atoms with Crippen LogP contribution in [0.15, 0.2) is 17.5 Å². The van der Waals surface area contributed by atoms with Crippen LogP contribution in [0, 0.1) is 0 Å². The third-order valence-corrected chi connectivity index (χ3v) is 3.86. The predicted octanol–water partition coefficient (Wildman–Crippen LogP) is 1.96. The van der Waals surface area contributed by atoms with Crippen molar-refractivity contribution in [3.63, 3.8) is 0 Å². The van der Waals surface area contributed by atoms with Gasteiger partial charge in [-0.05, 0) is 32.2 Å². The van der Waals surface area contributed by atoms with Crippen molar-refractivity contribution in [1.82, 2.24) is 4.90 Å². The van der Waals surface area contributed by atoms with E-state index in [0.29, 0.717) is 6.54 Å². The van der Waals surface area contributed by atoms with Crippen LogP contribution < -0.4 is 0 Å². The van der Waals surface area contributed by atoms with Crippen LogP contribution in [0.3, 0.4) is 0 Å². The fraction of sp³-hybridized carbons (Fsp3) is 0.500. The third-order valence-electron chi connectivity index (χ3n) is 2.67. The Morgan fingerprint density at radius 3 is 2.53 bits per heavy atom. The van der Waals surface area contributed by atoms with E-state index in [4.69, 9.17) is 5.11 Å². The van der Waals surface area contributed by atoms with Crippen molar-refractivity contribution in [3.05, 3.63) is 22.4 Å². The second-order valence-corrected chi connectivity index (χ2v) is 5.26. The number of amides is 1. The van der Waals surface area contributed by atoms with Gasteiger partial charge in [0.1, 0.15) is 6.54 Å². The number of carboxylic acid groups (broad SMARTS) is 1. The van der Waals surface area contributed by atoms with Crippen LogP contribution in [0.5, 0.6) is 0 Å².